The molecule has 0 aliphatic carbocycles. The van der Waals surface area contributed by atoms with Gasteiger partial charge in [-0.25, -0.2) is 4.98 Å². The summed E-state index contributed by atoms with van der Waals surface area (Å²) in [4.78, 5) is 32.9. The minimum Gasteiger partial charge on any atom is -0.345 e. The molecule has 0 unspecified atom stereocenters. The molecule has 3 heterocycles. The summed E-state index contributed by atoms with van der Waals surface area (Å²) in [5.41, 5.74) is 0.701. The number of nitrogens with zero attached hydrogens (tertiary/aromatic N) is 3. The van der Waals surface area contributed by atoms with Gasteiger partial charge in [-0.1, -0.05) is 31.2 Å². The molecule has 0 saturated heterocycles. The fourth-order valence-corrected chi connectivity index (χ4v) is 5.11. The zero-order chi connectivity index (χ0) is 19.2. The van der Waals surface area contributed by atoms with Gasteiger partial charge in [0.15, 0.2) is 5.16 Å². The summed E-state index contributed by atoms with van der Waals surface area (Å²) in [6, 6.07) is 5.96. The maximum Gasteiger partial charge on any atom is 0.272 e. The van der Waals surface area contributed by atoms with Crippen LogP contribution >= 0.6 is 34.4 Å². The van der Waals surface area contributed by atoms with Crippen LogP contribution in [-0.4, -0.2) is 39.7 Å². The fourth-order valence-electron chi connectivity index (χ4n) is 2.66. The number of carbonyl (C=O) groups excluding carboxylic acids is 1. The van der Waals surface area contributed by atoms with Crippen molar-refractivity contribution in [2.24, 2.45) is 0 Å². The van der Waals surface area contributed by atoms with E-state index in [2.05, 4.69) is 18.0 Å². The maximum absolute atomic E-state index is 12.9. The van der Waals surface area contributed by atoms with E-state index in [9.17, 15) is 9.59 Å². The van der Waals surface area contributed by atoms with Gasteiger partial charge >= 0.3 is 0 Å². The Labute approximate surface area is 171 Å². The Hall–Kier alpha value is -1.64. The van der Waals surface area contributed by atoms with Gasteiger partial charge in [0.25, 0.3) is 5.56 Å². The molecule has 27 heavy (non-hydrogen) atoms. The van der Waals surface area contributed by atoms with E-state index >= 15 is 0 Å². The molecule has 0 radical (unpaired) electrons. The van der Waals surface area contributed by atoms with Crippen LogP contribution in [-0.2, 0) is 17.8 Å². The van der Waals surface area contributed by atoms with Crippen molar-refractivity contribution in [2.45, 2.75) is 37.9 Å². The van der Waals surface area contributed by atoms with Gasteiger partial charge in [0.2, 0.25) is 5.91 Å². The first-order chi connectivity index (χ1) is 13.1. The number of thioether (sulfide) groups is 1. The van der Waals surface area contributed by atoms with E-state index in [1.54, 1.807) is 20.8 Å². The van der Waals surface area contributed by atoms with Crippen LogP contribution in [0.5, 0.6) is 0 Å². The van der Waals surface area contributed by atoms with Gasteiger partial charge in [0.05, 0.1) is 11.3 Å². The molecule has 0 spiro atoms. The molecule has 0 aliphatic rings. The molecule has 5 nitrogen and oxygen atoms in total. The first kappa shape index (κ1) is 20.1. The van der Waals surface area contributed by atoms with Crippen LogP contribution < -0.4 is 5.56 Å². The van der Waals surface area contributed by atoms with E-state index in [4.69, 9.17) is 0 Å². The third kappa shape index (κ3) is 5.00. The summed E-state index contributed by atoms with van der Waals surface area (Å²) < 4.78 is 2.40. The SMILES string of the molecule is CCCCN(C)C(=O)CSc1nc2ccsc2c(=O)n1CCc1cccs1. The summed E-state index contributed by atoms with van der Waals surface area (Å²) in [7, 11) is 1.83. The van der Waals surface area contributed by atoms with Crippen molar-refractivity contribution in [3.05, 3.63) is 44.2 Å². The van der Waals surface area contributed by atoms with Crippen molar-refractivity contribution >= 4 is 50.6 Å². The third-order valence-electron chi connectivity index (χ3n) is 4.29. The lowest BCUT2D eigenvalue weighted by molar-refractivity contribution is -0.127. The van der Waals surface area contributed by atoms with Crippen LogP contribution in [0.15, 0.2) is 38.9 Å². The second-order valence-corrected chi connectivity index (χ2v) is 9.16. The lowest BCUT2D eigenvalue weighted by atomic mass is 10.3. The maximum atomic E-state index is 12.9. The van der Waals surface area contributed by atoms with Crippen molar-refractivity contribution in [1.82, 2.24) is 14.5 Å². The molecule has 3 aromatic heterocycles. The molecule has 8 heteroatoms. The van der Waals surface area contributed by atoms with E-state index in [0.717, 1.165) is 25.8 Å². The average molecular weight is 422 g/mol. The van der Waals surface area contributed by atoms with Crippen LogP contribution in [0.2, 0.25) is 0 Å². The van der Waals surface area contributed by atoms with Crippen LogP contribution in [0.3, 0.4) is 0 Å². The first-order valence-corrected chi connectivity index (χ1v) is 11.7. The highest BCUT2D eigenvalue weighted by Crippen LogP contribution is 2.22. The zero-order valence-corrected chi connectivity index (χ0v) is 18.0. The lowest BCUT2D eigenvalue weighted by Gasteiger charge is -2.17. The molecule has 144 valence electrons. The number of carbonyl (C=O) groups is 1. The minimum absolute atomic E-state index is 0.0131. The topological polar surface area (TPSA) is 55.2 Å². The number of hydrogen-bond donors (Lipinski definition) is 0. The zero-order valence-electron chi connectivity index (χ0n) is 15.5. The average Bonchev–Trinajstić information content (AvgIpc) is 3.35. The summed E-state index contributed by atoms with van der Waals surface area (Å²) in [6.45, 7) is 3.44. The molecule has 0 saturated carbocycles. The van der Waals surface area contributed by atoms with Gasteiger partial charge in [-0.2, -0.15) is 0 Å². The Bertz CT molecular complexity index is 947. The van der Waals surface area contributed by atoms with Crippen LogP contribution in [0, 0.1) is 0 Å². The highest BCUT2D eigenvalue weighted by molar-refractivity contribution is 7.99. The number of amides is 1. The second-order valence-electron chi connectivity index (χ2n) is 6.27. The first-order valence-electron chi connectivity index (χ1n) is 8.97. The van der Waals surface area contributed by atoms with Crippen LogP contribution in [0.25, 0.3) is 10.2 Å². The van der Waals surface area contributed by atoms with Gasteiger partial charge in [0, 0.05) is 25.0 Å². The van der Waals surface area contributed by atoms with E-state index in [1.165, 1.54) is 28.0 Å². The molecule has 0 N–H and O–H groups in total. The van der Waals surface area contributed by atoms with E-state index < -0.39 is 0 Å². The van der Waals surface area contributed by atoms with E-state index in [-0.39, 0.29) is 11.5 Å². The van der Waals surface area contributed by atoms with Crippen molar-refractivity contribution in [2.75, 3.05) is 19.3 Å². The smallest absolute Gasteiger partial charge is 0.272 e. The van der Waals surface area contributed by atoms with E-state index in [0.29, 0.717) is 27.7 Å². The summed E-state index contributed by atoms with van der Waals surface area (Å²) >= 11 is 4.46. The quantitative estimate of drug-likeness (QED) is 0.385. The number of aryl methyl sites for hydroxylation is 1. The van der Waals surface area contributed by atoms with Gasteiger partial charge in [-0.3, -0.25) is 14.2 Å². The second kappa shape index (κ2) is 9.52. The molecule has 0 aliphatic heterocycles. The molecule has 3 rings (SSSR count). The summed E-state index contributed by atoms with van der Waals surface area (Å²) in [6.07, 6.45) is 2.84. The highest BCUT2D eigenvalue weighted by Gasteiger charge is 2.16. The van der Waals surface area contributed by atoms with Crippen LogP contribution in [0.4, 0.5) is 0 Å². The number of fused-ring (bicyclic) bond motifs is 1. The number of rotatable bonds is 9. The molecular weight excluding hydrogens is 398 g/mol. The summed E-state index contributed by atoms with van der Waals surface area (Å²) in [5.74, 6) is 0.360. The number of unbranched alkanes of at least 4 members (excludes halogenated alkanes) is 1. The number of thiophene rings is 2. The Morgan fingerprint density at radius 1 is 1.30 bits per heavy atom. The lowest BCUT2D eigenvalue weighted by Crippen LogP contribution is -2.30. The molecule has 0 atom stereocenters. The van der Waals surface area contributed by atoms with Gasteiger partial charge in [-0.15, -0.1) is 22.7 Å². The number of hydrogen-bond acceptors (Lipinski definition) is 6. The highest BCUT2D eigenvalue weighted by atomic mass is 32.2. The summed E-state index contributed by atoms with van der Waals surface area (Å²) in [5, 5.41) is 4.56. The predicted octanol–water partition coefficient (Wildman–Crippen LogP) is 4.11. The monoisotopic (exact) mass is 421 g/mol. The normalized spacial score (nSPS) is 11.2. The fraction of sp³-hybridized carbons (Fsp3) is 0.421. The molecule has 0 aromatic carbocycles. The molecule has 3 aromatic rings. The van der Waals surface area contributed by atoms with Gasteiger partial charge in [-0.05, 0) is 35.7 Å². The van der Waals surface area contributed by atoms with Crippen molar-refractivity contribution in [1.29, 1.82) is 0 Å². The Balaban J connectivity index is 1.79. The molecular formula is C19H23N3O2S3. The molecule has 0 bridgehead atoms. The Morgan fingerprint density at radius 2 is 2.15 bits per heavy atom. The predicted molar refractivity (Wildman–Crippen MR) is 115 cm³/mol. The van der Waals surface area contributed by atoms with Crippen molar-refractivity contribution in [3.63, 3.8) is 0 Å². The van der Waals surface area contributed by atoms with Gasteiger partial charge in [0.1, 0.15) is 4.70 Å². The number of aromatic nitrogens is 2. The van der Waals surface area contributed by atoms with Crippen LogP contribution in [0.1, 0.15) is 24.6 Å². The molecule has 1 amide bonds. The minimum atomic E-state index is -0.0131. The standard InChI is InChI=1S/C19H23N3O2S3/c1-3-4-9-21(2)16(23)13-27-19-20-15-8-12-26-17(15)18(24)22(19)10-7-14-6-5-11-25-14/h5-6,8,11-12H,3-4,7,9-10,13H2,1-2H3. The Morgan fingerprint density at radius 3 is 2.89 bits per heavy atom. The Kier molecular flexibility index (Phi) is 7.09. The van der Waals surface area contributed by atoms with Gasteiger partial charge < -0.3 is 4.90 Å². The largest absolute Gasteiger partial charge is 0.345 e. The van der Waals surface area contributed by atoms with Crippen molar-refractivity contribution < 1.29 is 4.79 Å². The third-order valence-corrected chi connectivity index (χ3v) is 7.08. The van der Waals surface area contributed by atoms with E-state index in [1.807, 2.05) is 29.9 Å². The van der Waals surface area contributed by atoms with Crippen molar-refractivity contribution in [3.8, 4) is 0 Å². The molecule has 0 fully saturated rings.